The molecule has 0 aliphatic heterocycles. The predicted octanol–water partition coefficient (Wildman–Crippen LogP) is 1.33. The van der Waals surface area contributed by atoms with Gasteiger partial charge in [0.2, 0.25) is 0 Å². The maximum absolute atomic E-state index is 6.09. The van der Waals surface area contributed by atoms with Gasteiger partial charge in [-0.1, -0.05) is 24.3 Å². The third-order valence-corrected chi connectivity index (χ3v) is 3.95. The average Bonchev–Trinajstić information content (AvgIpc) is 2.38. The third kappa shape index (κ3) is 2.74. The van der Waals surface area contributed by atoms with Crippen molar-refractivity contribution < 1.29 is 0 Å². The first kappa shape index (κ1) is 13.5. The molecule has 0 saturated heterocycles. The van der Waals surface area contributed by atoms with Crippen LogP contribution in [0, 0.1) is 0 Å². The zero-order valence-electron chi connectivity index (χ0n) is 11.6. The molecule has 0 saturated carbocycles. The lowest BCUT2D eigenvalue weighted by Gasteiger charge is -2.39. The third-order valence-electron chi connectivity index (χ3n) is 3.95. The molecule has 0 amide bonds. The van der Waals surface area contributed by atoms with Gasteiger partial charge in [0.1, 0.15) is 0 Å². The van der Waals surface area contributed by atoms with Gasteiger partial charge in [0, 0.05) is 19.6 Å². The Balaban J connectivity index is 2.17. The molecule has 3 N–H and O–H groups in total. The largest absolute Gasteiger partial charge is 0.328 e. The predicted molar refractivity (Wildman–Crippen MR) is 76.7 cm³/mol. The van der Waals surface area contributed by atoms with Crippen LogP contribution in [0.15, 0.2) is 24.3 Å². The molecule has 1 aromatic carbocycles. The number of benzene rings is 1. The quantitative estimate of drug-likeness (QED) is 0.825. The summed E-state index contributed by atoms with van der Waals surface area (Å²) >= 11 is 0. The summed E-state index contributed by atoms with van der Waals surface area (Å²) in [7, 11) is 4.21. The highest BCUT2D eigenvalue weighted by molar-refractivity contribution is 5.36. The Hall–Kier alpha value is -0.900. The molecule has 18 heavy (non-hydrogen) atoms. The normalized spacial score (nSPS) is 23.1. The molecule has 0 radical (unpaired) electrons. The molecule has 3 nitrogen and oxygen atoms in total. The maximum atomic E-state index is 6.09. The molecule has 2 rings (SSSR count). The van der Waals surface area contributed by atoms with Crippen molar-refractivity contribution in [1.29, 1.82) is 0 Å². The van der Waals surface area contributed by atoms with Crippen molar-refractivity contribution in [3.63, 3.8) is 0 Å². The smallest absolute Gasteiger partial charge is 0.0562 e. The molecule has 1 atom stereocenters. The SMILES string of the molecule is CN(C)CCNC1(CN)CCCc2ccccc21. The summed E-state index contributed by atoms with van der Waals surface area (Å²) in [6.07, 6.45) is 3.56. The molecule has 1 aliphatic rings. The van der Waals surface area contributed by atoms with Gasteiger partial charge in [-0.2, -0.15) is 0 Å². The minimum atomic E-state index is -0.00907. The second-order valence-corrected chi connectivity index (χ2v) is 5.53. The van der Waals surface area contributed by atoms with Gasteiger partial charge >= 0.3 is 0 Å². The zero-order chi connectivity index (χ0) is 13.0. The van der Waals surface area contributed by atoms with Crippen LogP contribution >= 0.6 is 0 Å². The van der Waals surface area contributed by atoms with Crippen LogP contribution in [0.4, 0.5) is 0 Å². The van der Waals surface area contributed by atoms with Gasteiger partial charge in [-0.05, 0) is 44.5 Å². The minimum absolute atomic E-state index is 0.00907. The van der Waals surface area contributed by atoms with E-state index in [9.17, 15) is 0 Å². The van der Waals surface area contributed by atoms with E-state index < -0.39 is 0 Å². The Bertz CT molecular complexity index is 389. The van der Waals surface area contributed by atoms with E-state index in [-0.39, 0.29) is 5.54 Å². The van der Waals surface area contributed by atoms with Crippen molar-refractivity contribution in [2.24, 2.45) is 5.73 Å². The Morgan fingerprint density at radius 1 is 1.33 bits per heavy atom. The number of rotatable bonds is 5. The fraction of sp³-hybridized carbons (Fsp3) is 0.600. The summed E-state index contributed by atoms with van der Waals surface area (Å²) < 4.78 is 0. The summed E-state index contributed by atoms with van der Waals surface area (Å²) in [5.74, 6) is 0. The van der Waals surface area contributed by atoms with Gasteiger partial charge < -0.3 is 16.0 Å². The fourth-order valence-corrected chi connectivity index (χ4v) is 2.91. The molecular weight excluding hydrogens is 222 g/mol. The second-order valence-electron chi connectivity index (χ2n) is 5.53. The number of hydrogen-bond donors (Lipinski definition) is 2. The molecule has 100 valence electrons. The van der Waals surface area contributed by atoms with Gasteiger partial charge in [-0.25, -0.2) is 0 Å². The van der Waals surface area contributed by atoms with Crippen LogP contribution in [0.1, 0.15) is 24.0 Å². The highest BCUT2D eigenvalue weighted by Crippen LogP contribution is 2.34. The molecule has 0 fully saturated rings. The average molecular weight is 247 g/mol. The van der Waals surface area contributed by atoms with E-state index in [4.69, 9.17) is 5.73 Å². The maximum Gasteiger partial charge on any atom is 0.0562 e. The molecule has 3 heteroatoms. The minimum Gasteiger partial charge on any atom is -0.328 e. The van der Waals surface area contributed by atoms with E-state index >= 15 is 0 Å². The second kappa shape index (κ2) is 5.83. The molecule has 1 unspecified atom stereocenters. The number of hydrogen-bond acceptors (Lipinski definition) is 3. The summed E-state index contributed by atoms with van der Waals surface area (Å²) in [5, 5.41) is 3.71. The summed E-state index contributed by atoms with van der Waals surface area (Å²) in [5.41, 5.74) is 8.96. The topological polar surface area (TPSA) is 41.3 Å². The lowest BCUT2D eigenvalue weighted by atomic mass is 9.76. The first-order chi connectivity index (χ1) is 8.68. The van der Waals surface area contributed by atoms with Crippen molar-refractivity contribution >= 4 is 0 Å². The van der Waals surface area contributed by atoms with Crippen molar-refractivity contribution in [2.45, 2.75) is 24.8 Å². The van der Waals surface area contributed by atoms with E-state index in [2.05, 4.69) is 48.6 Å². The van der Waals surface area contributed by atoms with E-state index in [0.717, 1.165) is 19.5 Å². The van der Waals surface area contributed by atoms with Gasteiger partial charge in [0.15, 0.2) is 0 Å². The summed E-state index contributed by atoms with van der Waals surface area (Å²) in [6, 6.07) is 8.74. The molecule has 0 aromatic heterocycles. The van der Waals surface area contributed by atoms with E-state index in [0.29, 0.717) is 6.54 Å². The van der Waals surface area contributed by atoms with E-state index in [1.807, 2.05) is 0 Å². The van der Waals surface area contributed by atoms with Crippen LogP contribution in [0.2, 0.25) is 0 Å². The van der Waals surface area contributed by atoms with Gasteiger partial charge in [0.25, 0.3) is 0 Å². The molecule has 0 heterocycles. The van der Waals surface area contributed by atoms with Crippen LogP contribution in [-0.2, 0) is 12.0 Å². The lowest BCUT2D eigenvalue weighted by Crippen LogP contribution is -2.52. The summed E-state index contributed by atoms with van der Waals surface area (Å²) in [6.45, 7) is 2.71. The summed E-state index contributed by atoms with van der Waals surface area (Å²) in [4.78, 5) is 2.20. The van der Waals surface area contributed by atoms with Gasteiger partial charge in [-0.15, -0.1) is 0 Å². The van der Waals surface area contributed by atoms with Crippen LogP contribution in [0.25, 0.3) is 0 Å². The highest BCUT2D eigenvalue weighted by atomic mass is 15.1. The lowest BCUT2D eigenvalue weighted by molar-refractivity contribution is 0.275. The molecule has 1 aliphatic carbocycles. The highest BCUT2D eigenvalue weighted by Gasteiger charge is 2.34. The van der Waals surface area contributed by atoms with Crippen molar-refractivity contribution in [1.82, 2.24) is 10.2 Å². The zero-order valence-corrected chi connectivity index (χ0v) is 11.6. The van der Waals surface area contributed by atoms with Crippen LogP contribution < -0.4 is 11.1 Å². The number of nitrogens with two attached hydrogens (primary N) is 1. The van der Waals surface area contributed by atoms with Gasteiger partial charge in [0.05, 0.1) is 5.54 Å². The first-order valence-corrected chi connectivity index (χ1v) is 6.86. The first-order valence-electron chi connectivity index (χ1n) is 6.86. The number of nitrogens with one attached hydrogen (secondary N) is 1. The Morgan fingerprint density at radius 3 is 2.83 bits per heavy atom. The number of nitrogens with zero attached hydrogens (tertiary/aromatic N) is 1. The van der Waals surface area contributed by atoms with Crippen LogP contribution in [0.5, 0.6) is 0 Å². The van der Waals surface area contributed by atoms with Crippen molar-refractivity contribution in [3.05, 3.63) is 35.4 Å². The standard InChI is InChI=1S/C15H25N3/c1-18(2)11-10-17-15(12-16)9-5-7-13-6-3-4-8-14(13)15/h3-4,6,8,17H,5,7,9-12,16H2,1-2H3. The Morgan fingerprint density at radius 2 is 2.11 bits per heavy atom. The number of aryl methyl sites for hydroxylation is 1. The number of fused-ring (bicyclic) bond motifs is 1. The van der Waals surface area contributed by atoms with Gasteiger partial charge in [-0.3, -0.25) is 0 Å². The Labute approximate surface area is 110 Å². The molecule has 0 bridgehead atoms. The molecule has 0 spiro atoms. The monoisotopic (exact) mass is 247 g/mol. The fourth-order valence-electron chi connectivity index (χ4n) is 2.91. The number of likely N-dealkylation sites (N-methyl/N-ethyl adjacent to an activating group) is 1. The molecular formula is C15H25N3. The van der Waals surface area contributed by atoms with Crippen LogP contribution in [-0.4, -0.2) is 38.6 Å². The van der Waals surface area contributed by atoms with Crippen molar-refractivity contribution in [2.75, 3.05) is 33.7 Å². The van der Waals surface area contributed by atoms with E-state index in [1.165, 1.54) is 24.0 Å². The van der Waals surface area contributed by atoms with E-state index in [1.54, 1.807) is 0 Å². The Kier molecular flexibility index (Phi) is 4.38. The molecule has 1 aromatic rings. The van der Waals surface area contributed by atoms with Crippen LogP contribution in [0.3, 0.4) is 0 Å². The van der Waals surface area contributed by atoms with Crippen molar-refractivity contribution in [3.8, 4) is 0 Å².